The molecular weight excluding hydrogens is 424 g/mol. The SMILES string of the molecule is CCn1c(=O)n(CC(=O)N2CCC(C(=O)Nc3ccc4c(c3)OCO4)CC2)c2ccccc21. The number of aromatic nitrogens is 2. The van der Waals surface area contributed by atoms with Gasteiger partial charge in [-0.25, -0.2) is 4.79 Å². The number of benzene rings is 2. The average Bonchev–Trinajstić information content (AvgIpc) is 3.41. The second-order valence-corrected chi connectivity index (χ2v) is 8.31. The fraction of sp³-hybridized carbons (Fsp3) is 0.375. The van der Waals surface area contributed by atoms with Crippen LogP contribution in [0.2, 0.25) is 0 Å². The van der Waals surface area contributed by atoms with Crippen molar-refractivity contribution in [2.75, 3.05) is 25.2 Å². The minimum Gasteiger partial charge on any atom is -0.454 e. The maximum absolute atomic E-state index is 13.0. The van der Waals surface area contributed by atoms with Gasteiger partial charge in [0.25, 0.3) is 0 Å². The van der Waals surface area contributed by atoms with Crippen LogP contribution in [0.25, 0.3) is 11.0 Å². The third kappa shape index (κ3) is 3.94. The highest BCUT2D eigenvalue weighted by Crippen LogP contribution is 2.34. The highest BCUT2D eigenvalue weighted by molar-refractivity contribution is 5.93. The van der Waals surface area contributed by atoms with Gasteiger partial charge in [-0.3, -0.25) is 18.7 Å². The third-order valence-corrected chi connectivity index (χ3v) is 6.39. The number of rotatable bonds is 5. The van der Waals surface area contributed by atoms with E-state index in [-0.39, 0.29) is 36.8 Å². The lowest BCUT2D eigenvalue weighted by Crippen LogP contribution is -2.43. The van der Waals surface area contributed by atoms with Crippen molar-refractivity contribution in [1.29, 1.82) is 0 Å². The predicted octanol–water partition coefficient (Wildman–Crippen LogP) is 2.43. The standard InChI is InChI=1S/C24H26N4O5/c1-2-27-18-5-3-4-6-19(18)28(24(27)31)14-22(29)26-11-9-16(10-12-26)23(30)25-17-7-8-20-21(13-17)33-15-32-20/h3-8,13,16H,2,9-12,14-15H2,1H3,(H,25,30). The molecule has 0 radical (unpaired) electrons. The monoisotopic (exact) mass is 450 g/mol. The van der Waals surface area contributed by atoms with Crippen molar-refractivity contribution in [2.45, 2.75) is 32.9 Å². The number of carbonyl (C=O) groups excluding carboxylic acids is 2. The van der Waals surface area contributed by atoms with Crippen LogP contribution in [0.1, 0.15) is 19.8 Å². The molecule has 2 aliphatic rings. The van der Waals surface area contributed by atoms with E-state index in [0.29, 0.717) is 49.7 Å². The molecule has 9 nitrogen and oxygen atoms in total. The van der Waals surface area contributed by atoms with Crippen molar-refractivity contribution in [3.8, 4) is 11.5 Å². The van der Waals surface area contributed by atoms with E-state index in [2.05, 4.69) is 5.32 Å². The molecule has 3 aromatic rings. The van der Waals surface area contributed by atoms with Crippen molar-refractivity contribution in [2.24, 2.45) is 5.92 Å². The van der Waals surface area contributed by atoms with Crippen LogP contribution in [0.3, 0.4) is 0 Å². The number of fused-ring (bicyclic) bond motifs is 2. The number of para-hydroxylation sites is 2. The van der Waals surface area contributed by atoms with Gasteiger partial charge >= 0.3 is 5.69 Å². The van der Waals surface area contributed by atoms with Crippen molar-refractivity contribution in [3.63, 3.8) is 0 Å². The van der Waals surface area contributed by atoms with E-state index in [4.69, 9.17) is 9.47 Å². The zero-order chi connectivity index (χ0) is 22.9. The molecule has 1 N–H and O–H groups in total. The molecule has 172 valence electrons. The molecule has 2 amide bonds. The van der Waals surface area contributed by atoms with Crippen molar-refractivity contribution < 1.29 is 19.1 Å². The number of hydrogen-bond donors (Lipinski definition) is 1. The summed E-state index contributed by atoms with van der Waals surface area (Å²) >= 11 is 0. The molecule has 0 bridgehead atoms. The Hall–Kier alpha value is -3.75. The number of amides is 2. The molecule has 5 rings (SSSR count). The molecule has 0 atom stereocenters. The molecule has 1 aromatic heterocycles. The van der Waals surface area contributed by atoms with Crippen LogP contribution >= 0.6 is 0 Å². The quantitative estimate of drug-likeness (QED) is 0.644. The van der Waals surface area contributed by atoms with Crippen LogP contribution in [0.5, 0.6) is 11.5 Å². The highest BCUT2D eigenvalue weighted by Gasteiger charge is 2.28. The van der Waals surface area contributed by atoms with Crippen LogP contribution in [0, 0.1) is 5.92 Å². The molecule has 2 aromatic carbocycles. The topological polar surface area (TPSA) is 94.8 Å². The van der Waals surface area contributed by atoms with Gasteiger partial charge in [0.1, 0.15) is 6.54 Å². The maximum Gasteiger partial charge on any atom is 0.329 e. The van der Waals surface area contributed by atoms with Gasteiger partial charge in [-0.1, -0.05) is 12.1 Å². The Morgan fingerprint density at radius 1 is 1.00 bits per heavy atom. The van der Waals surface area contributed by atoms with E-state index in [0.717, 1.165) is 11.0 Å². The summed E-state index contributed by atoms with van der Waals surface area (Å²) in [6, 6.07) is 12.8. The van der Waals surface area contributed by atoms with Crippen LogP contribution in [0.4, 0.5) is 5.69 Å². The van der Waals surface area contributed by atoms with Gasteiger partial charge in [-0.15, -0.1) is 0 Å². The summed E-state index contributed by atoms with van der Waals surface area (Å²) in [4.78, 5) is 40.2. The molecule has 1 saturated heterocycles. The Bertz CT molecular complexity index is 1270. The van der Waals surface area contributed by atoms with E-state index in [1.165, 1.54) is 0 Å². The summed E-state index contributed by atoms with van der Waals surface area (Å²) < 4.78 is 13.9. The predicted molar refractivity (Wildman–Crippen MR) is 122 cm³/mol. The number of anilines is 1. The fourth-order valence-electron chi connectivity index (χ4n) is 4.58. The Morgan fingerprint density at radius 3 is 2.42 bits per heavy atom. The Labute approximate surface area is 190 Å². The number of likely N-dealkylation sites (tertiary alicyclic amines) is 1. The number of nitrogens with zero attached hydrogens (tertiary/aromatic N) is 3. The lowest BCUT2D eigenvalue weighted by atomic mass is 9.95. The van der Waals surface area contributed by atoms with Gasteiger partial charge < -0.3 is 19.7 Å². The summed E-state index contributed by atoms with van der Waals surface area (Å²) in [6.07, 6.45) is 1.15. The number of piperidine rings is 1. The van der Waals surface area contributed by atoms with Gasteiger partial charge in [0, 0.05) is 37.3 Å². The normalized spacial score (nSPS) is 15.7. The number of carbonyl (C=O) groups is 2. The summed E-state index contributed by atoms with van der Waals surface area (Å²) in [5, 5.41) is 2.94. The third-order valence-electron chi connectivity index (χ3n) is 6.39. The average molecular weight is 450 g/mol. The van der Waals surface area contributed by atoms with Crippen molar-refractivity contribution >= 4 is 28.5 Å². The van der Waals surface area contributed by atoms with Crippen LogP contribution in [0.15, 0.2) is 47.3 Å². The summed E-state index contributed by atoms with van der Waals surface area (Å²) in [5.74, 6) is 0.937. The molecule has 9 heteroatoms. The first kappa shape index (κ1) is 21.1. The summed E-state index contributed by atoms with van der Waals surface area (Å²) in [7, 11) is 0. The van der Waals surface area contributed by atoms with Crippen LogP contribution in [-0.2, 0) is 22.7 Å². The molecular formula is C24H26N4O5. The van der Waals surface area contributed by atoms with E-state index in [9.17, 15) is 14.4 Å². The van der Waals surface area contributed by atoms with E-state index in [1.54, 1.807) is 32.2 Å². The molecule has 3 heterocycles. The van der Waals surface area contributed by atoms with Gasteiger partial charge in [-0.2, -0.15) is 0 Å². The molecule has 1 fully saturated rings. The van der Waals surface area contributed by atoms with Crippen molar-refractivity contribution in [3.05, 3.63) is 52.9 Å². The highest BCUT2D eigenvalue weighted by atomic mass is 16.7. The van der Waals surface area contributed by atoms with Gasteiger partial charge in [0.05, 0.1) is 11.0 Å². The molecule has 2 aliphatic heterocycles. The van der Waals surface area contributed by atoms with E-state index in [1.807, 2.05) is 31.2 Å². The van der Waals surface area contributed by atoms with E-state index >= 15 is 0 Å². The summed E-state index contributed by atoms with van der Waals surface area (Å²) in [5.41, 5.74) is 2.08. The fourth-order valence-corrected chi connectivity index (χ4v) is 4.58. The number of ether oxygens (including phenoxy) is 2. The minimum atomic E-state index is -0.177. The van der Waals surface area contributed by atoms with Gasteiger partial charge in [0.2, 0.25) is 18.6 Å². The molecule has 0 saturated carbocycles. The van der Waals surface area contributed by atoms with Crippen molar-refractivity contribution in [1.82, 2.24) is 14.0 Å². The lowest BCUT2D eigenvalue weighted by Gasteiger charge is -2.31. The van der Waals surface area contributed by atoms with Gasteiger partial charge in [0.15, 0.2) is 11.5 Å². The Balaban J connectivity index is 1.20. The first-order valence-corrected chi connectivity index (χ1v) is 11.2. The Kier molecular flexibility index (Phi) is 5.53. The zero-order valence-corrected chi connectivity index (χ0v) is 18.5. The molecule has 0 aliphatic carbocycles. The second kappa shape index (κ2) is 8.65. The second-order valence-electron chi connectivity index (χ2n) is 8.31. The molecule has 33 heavy (non-hydrogen) atoms. The Morgan fingerprint density at radius 2 is 1.70 bits per heavy atom. The summed E-state index contributed by atoms with van der Waals surface area (Å²) in [6.45, 7) is 3.62. The number of hydrogen-bond acceptors (Lipinski definition) is 5. The number of aryl methyl sites for hydroxylation is 1. The number of imidazole rings is 1. The van der Waals surface area contributed by atoms with Crippen LogP contribution in [-0.4, -0.2) is 45.7 Å². The smallest absolute Gasteiger partial charge is 0.329 e. The number of nitrogens with one attached hydrogen (secondary N) is 1. The largest absolute Gasteiger partial charge is 0.454 e. The van der Waals surface area contributed by atoms with E-state index < -0.39 is 0 Å². The molecule has 0 unspecified atom stereocenters. The lowest BCUT2D eigenvalue weighted by molar-refractivity contribution is -0.135. The van der Waals surface area contributed by atoms with Crippen LogP contribution < -0.4 is 20.5 Å². The zero-order valence-electron chi connectivity index (χ0n) is 18.5. The minimum absolute atomic E-state index is 0.000403. The molecule has 0 spiro atoms. The maximum atomic E-state index is 13.0. The first-order valence-electron chi connectivity index (χ1n) is 11.2. The first-order chi connectivity index (χ1) is 16.0. The van der Waals surface area contributed by atoms with Gasteiger partial charge in [-0.05, 0) is 44.0 Å².